The van der Waals surface area contributed by atoms with E-state index in [-0.39, 0.29) is 11.4 Å². The second kappa shape index (κ2) is 4.03. The summed E-state index contributed by atoms with van der Waals surface area (Å²) in [5, 5.41) is 18.5. The summed E-state index contributed by atoms with van der Waals surface area (Å²) < 4.78 is 5.69. The highest BCUT2D eigenvalue weighted by atomic mass is 16.4. The first-order valence-electron chi connectivity index (χ1n) is 7.43. The summed E-state index contributed by atoms with van der Waals surface area (Å²) in [5.41, 5.74) is 6.40. The minimum Gasteiger partial charge on any atom is -0.443 e. The number of furan rings is 1. The fraction of sp³-hybridized carbons (Fsp3) is 0.625. The van der Waals surface area contributed by atoms with Crippen LogP contribution < -0.4 is 5.73 Å². The lowest BCUT2D eigenvalue weighted by molar-refractivity contribution is -0.00948. The Morgan fingerprint density at radius 3 is 1.95 bits per heavy atom. The third-order valence-corrected chi connectivity index (χ3v) is 5.72. The number of nitrogen functional groups attached to an aromatic ring is 1. The van der Waals surface area contributed by atoms with Crippen molar-refractivity contribution in [2.24, 2.45) is 23.7 Å². The minimum atomic E-state index is 0.118. The molecule has 0 amide bonds. The van der Waals surface area contributed by atoms with Crippen LogP contribution in [0.1, 0.15) is 54.9 Å². The zero-order chi connectivity index (χ0) is 13.9. The summed E-state index contributed by atoms with van der Waals surface area (Å²) in [7, 11) is 0. The molecule has 5 rings (SSSR count). The van der Waals surface area contributed by atoms with Crippen molar-refractivity contribution in [3.63, 3.8) is 0 Å². The van der Waals surface area contributed by atoms with Gasteiger partial charge in [0.05, 0.1) is 0 Å². The number of nitriles is 2. The van der Waals surface area contributed by atoms with Crippen LogP contribution in [0.25, 0.3) is 0 Å². The smallest absolute Gasteiger partial charge is 0.209 e. The van der Waals surface area contributed by atoms with Gasteiger partial charge in [0.1, 0.15) is 29.0 Å². The molecule has 0 radical (unpaired) electrons. The number of hydrogen-bond donors (Lipinski definition) is 1. The molecule has 2 N–H and O–H groups in total. The lowest BCUT2D eigenvalue weighted by Crippen LogP contribution is -2.43. The fourth-order valence-corrected chi connectivity index (χ4v) is 5.28. The van der Waals surface area contributed by atoms with E-state index in [1.165, 1.54) is 32.1 Å². The van der Waals surface area contributed by atoms with E-state index in [1.807, 2.05) is 6.07 Å². The van der Waals surface area contributed by atoms with Crippen molar-refractivity contribution in [3.8, 4) is 12.1 Å². The summed E-state index contributed by atoms with van der Waals surface area (Å²) in [4.78, 5) is 0. The van der Waals surface area contributed by atoms with Crippen LogP contribution in [0.4, 0.5) is 5.88 Å². The molecule has 0 unspecified atom stereocenters. The summed E-state index contributed by atoms with van der Waals surface area (Å²) in [6.07, 6.45) is 6.42. The molecule has 0 atom stereocenters. The maximum atomic E-state index is 9.38. The Labute approximate surface area is 118 Å². The van der Waals surface area contributed by atoms with Gasteiger partial charge in [-0.3, -0.25) is 0 Å². The first-order chi connectivity index (χ1) is 9.71. The lowest BCUT2D eigenvalue weighted by atomic mass is 9.51. The van der Waals surface area contributed by atoms with Gasteiger partial charge in [0, 0.05) is 5.92 Å². The summed E-state index contributed by atoms with van der Waals surface area (Å²) >= 11 is 0. The Morgan fingerprint density at radius 2 is 1.45 bits per heavy atom. The highest BCUT2D eigenvalue weighted by Crippen LogP contribution is 2.60. The molecule has 0 spiro atoms. The molecular formula is C16H17N3O. The van der Waals surface area contributed by atoms with Crippen LogP contribution in [0.3, 0.4) is 0 Å². The topological polar surface area (TPSA) is 86.7 Å². The molecule has 4 aliphatic carbocycles. The van der Waals surface area contributed by atoms with Gasteiger partial charge in [-0.25, -0.2) is 0 Å². The van der Waals surface area contributed by atoms with Crippen LogP contribution >= 0.6 is 0 Å². The van der Waals surface area contributed by atoms with Crippen molar-refractivity contribution in [2.75, 3.05) is 5.73 Å². The van der Waals surface area contributed by atoms with Crippen LogP contribution in [0, 0.1) is 46.3 Å². The monoisotopic (exact) mass is 267 g/mol. The highest BCUT2D eigenvalue weighted by molar-refractivity contribution is 5.59. The van der Waals surface area contributed by atoms with Crippen LogP contribution in [0.5, 0.6) is 0 Å². The van der Waals surface area contributed by atoms with E-state index in [9.17, 15) is 5.26 Å². The number of nitrogens with two attached hydrogens (primary N) is 1. The van der Waals surface area contributed by atoms with E-state index in [4.69, 9.17) is 15.4 Å². The quantitative estimate of drug-likeness (QED) is 0.846. The van der Waals surface area contributed by atoms with Gasteiger partial charge in [-0.15, -0.1) is 0 Å². The number of rotatable bonds is 1. The standard InChI is InChI=1S/C16H17N3O/c17-6-12-13(7-18)16(19)20-15(12)14-10-2-8-1-9(4-10)5-11(14)3-8/h8-11,14H,1-5,19H2. The summed E-state index contributed by atoms with van der Waals surface area (Å²) in [6.45, 7) is 0. The second-order valence-corrected chi connectivity index (χ2v) is 6.76. The van der Waals surface area contributed by atoms with E-state index in [0.717, 1.165) is 11.8 Å². The fourth-order valence-electron chi connectivity index (χ4n) is 5.28. The van der Waals surface area contributed by atoms with Crippen molar-refractivity contribution in [1.29, 1.82) is 10.5 Å². The van der Waals surface area contributed by atoms with Gasteiger partial charge < -0.3 is 10.2 Å². The Bertz CT molecular complexity index is 618. The second-order valence-electron chi connectivity index (χ2n) is 6.76. The van der Waals surface area contributed by atoms with Gasteiger partial charge in [0.25, 0.3) is 0 Å². The number of hydrogen-bond acceptors (Lipinski definition) is 4. The van der Waals surface area contributed by atoms with Crippen LogP contribution in [-0.4, -0.2) is 0 Å². The molecule has 0 aliphatic heterocycles. The van der Waals surface area contributed by atoms with Crippen molar-refractivity contribution in [3.05, 3.63) is 16.9 Å². The average molecular weight is 267 g/mol. The summed E-state index contributed by atoms with van der Waals surface area (Å²) in [6, 6.07) is 4.16. The molecule has 1 aromatic heterocycles. The minimum absolute atomic E-state index is 0.118. The molecule has 4 aliphatic rings. The first-order valence-corrected chi connectivity index (χ1v) is 7.43. The van der Waals surface area contributed by atoms with Crippen LogP contribution in [0.15, 0.2) is 4.42 Å². The van der Waals surface area contributed by atoms with Gasteiger partial charge in [0.15, 0.2) is 0 Å². The molecule has 4 bridgehead atoms. The van der Waals surface area contributed by atoms with Crippen molar-refractivity contribution in [1.82, 2.24) is 0 Å². The van der Waals surface area contributed by atoms with Crippen LogP contribution in [-0.2, 0) is 0 Å². The molecular weight excluding hydrogens is 250 g/mol. The Kier molecular flexibility index (Phi) is 2.39. The first kappa shape index (κ1) is 11.9. The predicted octanol–water partition coefficient (Wildman–Crippen LogP) is 3.14. The van der Waals surface area contributed by atoms with Gasteiger partial charge in [-0.2, -0.15) is 10.5 Å². The van der Waals surface area contributed by atoms with Crippen LogP contribution in [0.2, 0.25) is 0 Å². The maximum Gasteiger partial charge on any atom is 0.209 e. The van der Waals surface area contributed by atoms with Gasteiger partial charge in [-0.05, 0) is 55.8 Å². The zero-order valence-corrected chi connectivity index (χ0v) is 11.3. The van der Waals surface area contributed by atoms with Gasteiger partial charge in [-0.1, -0.05) is 0 Å². The zero-order valence-electron chi connectivity index (χ0n) is 11.3. The van der Waals surface area contributed by atoms with E-state index in [0.29, 0.717) is 29.1 Å². The van der Waals surface area contributed by atoms with E-state index in [1.54, 1.807) is 0 Å². The molecule has 1 aromatic rings. The molecule has 1 heterocycles. The molecule has 4 nitrogen and oxygen atoms in total. The van der Waals surface area contributed by atoms with E-state index >= 15 is 0 Å². The summed E-state index contributed by atoms with van der Waals surface area (Å²) in [5.74, 6) is 4.13. The Balaban J connectivity index is 1.79. The van der Waals surface area contributed by atoms with Gasteiger partial charge >= 0.3 is 0 Å². The van der Waals surface area contributed by atoms with Crippen molar-refractivity contribution < 1.29 is 4.42 Å². The Morgan fingerprint density at radius 1 is 0.900 bits per heavy atom. The normalized spacial score (nSPS) is 37.6. The highest BCUT2D eigenvalue weighted by Gasteiger charge is 2.50. The largest absolute Gasteiger partial charge is 0.443 e. The maximum absolute atomic E-state index is 9.38. The number of anilines is 1. The molecule has 20 heavy (non-hydrogen) atoms. The van der Waals surface area contributed by atoms with E-state index in [2.05, 4.69) is 6.07 Å². The molecule has 4 heteroatoms. The molecule has 0 saturated heterocycles. The van der Waals surface area contributed by atoms with Gasteiger partial charge in [0.2, 0.25) is 5.88 Å². The number of nitrogens with zero attached hydrogens (tertiary/aromatic N) is 2. The lowest BCUT2D eigenvalue weighted by Gasteiger charge is -2.53. The molecule has 4 fully saturated rings. The van der Waals surface area contributed by atoms with Crippen molar-refractivity contribution >= 4 is 5.88 Å². The molecule has 0 aromatic carbocycles. The Hall–Kier alpha value is -1.94. The third kappa shape index (κ3) is 1.45. The average Bonchev–Trinajstić information content (AvgIpc) is 2.73. The molecule has 4 saturated carbocycles. The third-order valence-electron chi connectivity index (χ3n) is 5.72. The predicted molar refractivity (Wildman–Crippen MR) is 72.3 cm³/mol. The molecule has 102 valence electrons. The van der Waals surface area contributed by atoms with Crippen molar-refractivity contribution in [2.45, 2.75) is 38.0 Å². The van der Waals surface area contributed by atoms with E-state index < -0.39 is 0 Å². The SMILES string of the molecule is N#Cc1c(N)oc(C2C3CC4CC(C3)CC2C4)c1C#N.